The molecule has 4 heteroatoms. The fourth-order valence-electron chi connectivity index (χ4n) is 1.83. The zero-order valence-corrected chi connectivity index (χ0v) is 12.9. The number of hydrogen-bond donors (Lipinski definition) is 2. The van der Waals surface area contributed by atoms with Crippen LogP contribution in [-0.4, -0.2) is 25.6 Å². The first-order valence-electron chi connectivity index (χ1n) is 6.39. The first-order chi connectivity index (χ1) is 8.74. The normalized spacial score (nSPS) is 11.3. The zero-order valence-electron chi connectivity index (χ0n) is 12.9. The van der Waals surface area contributed by atoms with E-state index in [-0.39, 0.29) is 5.91 Å². The third kappa shape index (κ3) is 3.07. The lowest BCUT2D eigenvalue weighted by Crippen LogP contribution is -2.48. The smallest absolute Gasteiger partial charge is 0.244 e. The van der Waals surface area contributed by atoms with Gasteiger partial charge in [-0.25, -0.2) is 0 Å². The molecule has 2 N–H and O–H groups in total. The molecule has 1 amide bonds. The van der Waals surface area contributed by atoms with Gasteiger partial charge in [0.15, 0.2) is 0 Å². The van der Waals surface area contributed by atoms with Gasteiger partial charge in [0.05, 0.1) is 12.6 Å². The molecule has 0 saturated heterocycles. The van der Waals surface area contributed by atoms with Crippen molar-refractivity contribution in [3.8, 4) is 5.75 Å². The van der Waals surface area contributed by atoms with Crippen LogP contribution in [0.25, 0.3) is 0 Å². The Morgan fingerprint density at radius 2 is 1.79 bits per heavy atom. The molecule has 4 nitrogen and oxygen atoms in total. The molecule has 106 valence electrons. The molecule has 19 heavy (non-hydrogen) atoms. The van der Waals surface area contributed by atoms with Gasteiger partial charge >= 0.3 is 0 Å². The molecule has 0 spiro atoms. The van der Waals surface area contributed by atoms with E-state index in [1.54, 1.807) is 14.2 Å². The standard InChI is InChI=1S/C15H24N2O2/c1-9-8-12(19-7)10(2)11(3)13(9)17-14(18)15(4,5)16-6/h8,16H,1-7H3,(H,17,18). The minimum atomic E-state index is -0.604. The molecule has 0 aliphatic heterocycles. The Balaban J connectivity index is 3.16. The number of hydrogen-bond acceptors (Lipinski definition) is 3. The zero-order chi connectivity index (χ0) is 14.8. The topological polar surface area (TPSA) is 50.4 Å². The third-order valence-electron chi connectivity index (χ3n) is 3.70. The number of carbonyl (C=O) groups excluding carboxylic acids is 1. The molecule has 0 unspecified atom stereocenters. The van der Waals surface area contributed by atoms with E-state index in [9.17, 15) is 4.79 Å². The summed E-state index contributed by atoms with van der Waals surface area (Å²) < 4.78 is 5.33. The molecular weight excluding hydrogens is 240 g/mol. The molecule has 0 bridgehead atoms. The van der Waals surface area contributed by atoms with E-state index < -0.39 is 5.54 Å². The second kappa shape index (κ2) is 5.61. The average Bonchev–Trinajstić information content (AvgIpc) is 2.38. The third-order valence-corrected chi connectivity index (χ3v) is 3.70. The van der Waals surface area contributed by atoms with E-state index in [1.807, 2.05) is 40.7 Å². The highest BCUT2D eigenvalue weighted by Crippen LogP contribution is 2.31. The number of aryl methyl sites for hydroxylation is 1. The van der Waals surface area contributed by atoms with Crippen molar-refractivity contribution in [1.29, 1.82) is 0 Å². The maximum atomic E-state index is 12.2. The van der Waals surface area contributed by atoms with Crippen LogP contribution in [0.2, 0.25) is 0 Å². The number of rotatable bonds is 4. The monoisotopic (exact) mass is 264 g/mol. The number of nitrogens with one attached hydrogen (secondary N) is 2. The summed E-state index contributed by atoms with van der Waals surface area (Å²) in [5.41, 5.74) is 3.35. The number of carbonyl (C=O) groups is 1. The van der Waals surface area contributed by atoms with Crippen LogP contribution < -0.4 is 15.4 Å². The lowest BCUT2D eigenvalue weighted by molar-refractivity contribution is -0.121. The molecule has 1 rings (SSSR count). The summed E-state index contributed by atoms with van der Waals surface area (Å²) in [5.74, 6) is 0.798. The van der Waals surface area contributed by atoms with E-state index in [0.717, 1.165) is 28.1 Å². The summed E-state index contributed by atoms with van der Waals surface area (Å²) in [6.07, 6.45) is 0. The van der Waals surface area contributed by atoms with Crippen LogP contribution in [0.1, 0.15) is 30.5 Å². The predicted octanol–water partition coefficient (Wildman–Crippen LogP) is 2.56. The van der Waals surface area contributed by atoms with E-state index in [0.29, 0.717) is 0 Å². The quantitative estimate of drug-likeness (QED) is 0.878. The van der Waals surface area contributed by atoms with Crippen LogP contribution >= 0.6 is 0 Å². The Hall–Kier alpha value is -1.55. The second-order valence-electron chi connectivity index (χ2n) is 5.35. The average molecular weight is 264 g/mol. The Morgan fingerprint density at radius 1 is 1.21 bits per heavy atom. The second-order valence-corrected chi connectivity index (χ2v) is 5.35. The highest BCUT2D eigenvalue weighted by atomic mass is 16.5. The van der Waals surface area contributed by atoms with Crippen molar-refractivity contribution in [3.63, 3.8) is 0 Å². The molecule has 0 aliphatic carbocycles. The van der Waals surface area contributed by atoms with Gasteiger partial charge in [-0.3, -0.25) is 4.79 Å². The minimum Gasteiger partial charge on any atom is -0.496 e. The van der Waals surface area contributed by atoms with Gasteiger partial charge in [0, 0.05) is 5.69 Å². The van der Waals surface area contributed by atoms with Crippen molar-refractivity contribution >= 4 is 11.6 Å². The van der Waals surface area contributed by atoms with Crippen LogP contribution in [0, 0.1) is 20.8 Å². The van der Waals surface area contributed by atoms with Crippen LogP contribution in [0.5, 0.6) is 5.75 Å². The molecule has 0 heterocycles. The summed E-state index contributed by atoms with van der Waals surface area (Å²) in [4.78, 5) is 12.2. The van der Waals surface area contributed by atoms with Crippen molar-refractivity contribution < 1.29 is 9.53 Å². The van der Waals surface area contributed by atoms with E-state index in [1.165, 1.54) is 0 Å². The number of anilines is 1. The Labute approximate surface area is 115 Å². The van der Waals surface area contributed by atoms with Gasteiger partial charge in [0.2, 0.25) is 5.91 Å². The summed E-state index contributed by atoms with van der Waals surface area (Å²) in [5, 5.41) is 6.01. The molecule has 0 aliphatic rings. The first-order valence-corrected chi connectivity index (χ1v) is 6.39. The number of methoxy groups -OCH3 is 1. The summed E-state index contributed by atoms with van der Waals surface area (Å²) in [7, 11) is 3.43. The Bertz CT molecular complexity index is 493. The molecule has 0 aromatic heterocycles. The predicted molar refractivity (Wildman–Crippen MR) is 79.0 cm³/mol. The van der Waals surface area contributed by atoms with Crippen LogP contribution in [0.15, 0.2) is 6.07 Å². The fraction of sp³-hybridized carbons (Fsp3) is 0.533. The van der Waals surface area contributed by atoms with Gasteiger partial charge in [0.1, 0.15) is 5.75 Å². The van der Waals surface area contributed by atoms with E-state index in [2.05, 4.69) is 10.6 Å². The molecule has 0 fully saturated rings. The van der Waals surface area contributed by atoms with Gasteiger partial charge in [-0.05, 0) is 64.4 Å². The SMILES string of the molecule is CNC(C)(C)C(=O)Nc1c(C)cc(OC)c(C)c1C. The number of ether oxygens (including phenoxy) is 1. The van der Waals surface area contributed by atoms with Crippen molar-refractivity contribution in [3.05, 3.63) is 22.8 Å². The first kappa shape index (κ1) is 15.5. The molecule has 1 aromatic carbocycles. The molecule has 1 aromatic rings. The summed E-state index contributed by atoms with van der Waals surface area (Å²) >= 11 is 0. The minimum absolute atomic E-state index is 0.0502. The van der Waals surface area contributed by atoms with Crippen molar-refractivity contribution in [2.75, 3.05) is 19.5 Å². The highest BCUT2D eigenvalue weighted by Gasteiger charge is 2.26. The Kier molecular flexibility index (Phi) is 4.58. The van der Waals surface area contributed by atoms with Crippen molar-refractivity contribution in [2.24, 2.45) is 0 Å². The van der Waals surface area contributed by atoms with Crippen LogP contribution in [-0.2, 0) is 4.79 Å². The lowest BCUT2D eigenvalue weighted by Gasteiger charge is -2.25. The van der Waals surface area contributed by atoms with E-state index >= 15 is 0 Å². The number of likely N-dealkylation sites (N-methyl/N-ethyl adjacent to an activating group) is 1. The maximum absolute atomic E-state index is 12.2. The Morgan fingerprint density at radius 3 is 2.26 bits per heavy atom. The molecule has 0 atom stereocenters. The number of amides is 1. The highest BCUT2D eigenvalue weighted by molar-refractivity contribution is 5.98. The van der Waals surface area contributed by atoms with Gasteiger partial charge in [0.25, 0.3) is 0 Å². The molecular formula is C15H24N2O2. The molecule has 0 radical (unpaired) electrons. The van der Waals surface area contributed by atoms with Gasteiger partial charge in [-0.15, -0.1) is 0 Å². The van der Waals surface area contributed by atoms with Gasteiger partial charge < -0.3 is 15.4 Å². The lowest BCUT2D eigenvalue weighted by atomic mass is 10.00. The van der Waals surface area contributed by atoms with Crippen molar-refractivity contribution in [2.45, 2.75) is 40.2 Å². The summed E-state index contributed by atoms with van der Waals surface area (Å²) in [6.45, 7) is 9.66. The molecule has 0 saturated carbocycles. The fourth-order valence-corrected chi connectivity index (χ4v) is 1.83. The summed E-state index contributed by atoms with van der Waals surface area (Å²) in [6, 6.07) is 1.95. The number of benzene rings is 1. The van der Waals surface area contributed by atoms with Crippen LogP contribution in [0.4, 0.5) is 5.69 Å². The largest absolute Gasteiger partial charge is 0.496 e. The van der Waals surface area contributed by atoms with E-state index in [4.69, 9.17) is 4.74 Å². The van der Waals surface area contributed by atoms with Gasteiger partial charge in [-0.1, -0.05) is 0 Å². The maximum Gasteiger partial charge on any atom is 0.244 e. The van der Waals surface area contributed by atoms with Gasteiger partial charge in [-0.2, -0.15) is 0 Å². The van der Waals surface area contributed by atoms with Crippen LogP contribution in [0.3, 0.4) is 0 Å². The van der Waals surface area contributed by atoms with Crippen molar-refractivity contribution in [1.82, 2.24) is 5.32 Å².